The molecule has 2 aromatic rings. The summed E-state index contributed by atoms with van der Waals surface area (Å²) in [5, 5.41) is 19.6. The van der Waals surface area contributed by atoms with Crippen molar-refractivity contribution in [3.8, 4) is 11.5 Å². The standard InChI is InChI=1S/C14H11Cl3O2/c15-10-5-8(3-4-13(10)18)1-2-9-6-11(16)14(19)12(17)7-9/h3-7,18-19H,1-2H2. The van der Waals surface area contributed by atoms with Gasteiger partial charge in [0.1, 0.15) is 5.75 Å². The molecule has 0 heterocycles. The van der Waals surface area contributed by atoms with Gasteiger partial charge in [0, 0.05) is 0 Å². The normalized spacial score (nSPS) is 10.7. The van der Waals surface area contributed by atoms with E-state index < -0.39 is 0 Å². The Labute approximate surface area is 126 Å². The van der Waals surface area contributed by atoms with Gasteiger partial charge in [-0.25, -0.2) is 0 Å². The van der Waals surface area contributed by atoms with Gasteiger partial charge in [-0.05, 0) is 48.2 Å². The fraction of sp³-hybridized carbons (Fsp3) is 0.143. The number of aryl methyl sites for hydroxylation is 2. The molecule has 0 aromatic heterocycles. The predicted molar refractivity (Wildman–Crippen MR) is 78.7 cm³/mol. The fourth-order valence-corrected chi connectivity index (χ4v) is 2.49. The quantitative estimate of drug-likeness (QED) is 0.850. The van der Waals surface area contributed by atoms with E-state index >= 15 is 0 Å². The highest BCUT2D eigenvalue weighted by atomic mass is 35.5. The van der Waals surface area contributed by atoms with Gasteiger partial charge in [-0.15, -0.1) is 0 Å². The van der Waals surface area contributed by atoms with Crippen molar-refractivity contribution in [1.29, 1.82) is 0 Å². The molecular formula is C14H11Cl3O2. The first-order valence-electron chi connectivity index (χ1n) is 5.61. The maximum atomic E-state index is 9.47. The largest absolute Gasteiger partial charge is 0.506 e. The van der Waals surface area contributed by atoms with E-state index in [1.54, 1.807) is 24.3 Å². The molecule has 0 saturated heterocycles. The number of phenolic OH excluding ortho intramolecular Hbond substituents is 2. The third kappa shape index (κ3) is 3.47. The molecule has 0 aliphatic carbocycles. The minimum Gasteiger partial charge on any atom is -0.506 e. The van der Waals surface area contributed by atoms with Crippen LogP contribution in [0, 0.1) is 0 Å². The summed E-state index contributed by atoms with van der Waals surface area (Å²) in [5.74, 6) is -0.0269. The van der Waals surface area contributed by atoms with Crippen LogP contribution in [-0.2, 0) is 12.8 Å². The third-order valence-electron chi connectivity index (χ3n) is 2.79. The number of phenols is 2. The molecule has 5 heteroatoms. The van der Waals surface area contributed by atoms with Gasteiger partial charge in [0.25, 0.3) is 0 Å². The molecule has 0 amide bonds. The van der Waals surface area contributed by atoms with Crippen LogP contribution in [0.15, 0.2) is 30.3 Å². The summed E-state index contributed by atoms with van der Waals surface area (Å²) < 4.78 is 0. The van der Waals surface area contributed by atoms with E-state index in [9.17, 15) is 10.2 Å². The highest BCUT2D eigenvalue weighted by Gasteiger charge is 2.07. The van der Waals surface area contributed by atoms with Crippen LogP contribution in [0.3, 0.4) is 0 Å². The third-order valence-corrected chi connectivity index (χ3v) is 3.67. The van der Waals surface area contributed by atoms with E-state index in [0.29, 0.717) is 11.4 Å². The molecule has 0 atom stereocenters. The Morgan fingerprint density at radius 3 is 1.84 bits per heavy atom. The van der Waals surface area contributed by atoms with E-state index in [2.05, 4.69) is 0 Å². The number of hydrogen-bond acceptors (Lipinski definition) is 2. The van der Waals surface area contributed by atoms with Gasteiger partial charge in [-0.3, -0.25) is 0 Å². The lowest BCUT2D eigenvalue weighted by Gasteiger charge is -2.07. The first kappa shape index (κ1) is 14.3. The van der Waals surface area contributed by atoms with Crippen LogP contribution < -0.4 is 0 Å². The molecular weight excluding hydrogens is 307 g/mol. The number of hydrogen-bond donors (Lipinski definition) is 2. The summed E-state index contributed by atoms with van der Waals surface area (Å²) in [7, 11) is 0. The summed E-state index contributed by atoms with van der Waals surface area (Å²) in [6.45, 7) is 0. The summed E-state index contributed by atoms with van der Waals surface area (Å²) in [6.07, 6.45) is 1.44. The molecule has 0 saturated carbocycles. The van der Waals surface area contributed by atoms with Crippen LogP contribution >= 0.6 is 34.8 Å². The second kappa shape index (κ2) is 5.91. The molecule has 0 fully saturated rings. The second-order valence-corrected chi connectivity index (χ2v) is 5.42. The van der Waals surface area contributed by atoms with Gasteiger partial charge in [0.05, 0.1) is 15.1 Å². The van der Waals surface area contributed by atoms with Crippen molar-refractivity contribution in [2.24, 2.45) is 0 Å². The number of halogens is 3. The van der Waals surface area contributed by atoms with Crippen LogP contribution in [0.2, 0.25) is 15.1 Å². The zero-order chi connectivity index (χ0) is 14.0. The molecule has 2 rings (SSSR count). The Hall–Kier alpha value is -1.09. The lowest BCUT2D eigenvalue weighted by molar-refractivity contribution is 0.474. The van der Waals surface area contributed by atoms with Gasteiger partial charge in [-0.1, -0.05) is 40.9 Å². The molecule has 0 aliphatic heterocycles. The van der Waals surface area contributed by atoms with Crippen LogP contribution in [0.1, 0.15) is 11.1 Å². The van der Waals surface area contributed by atoms with E-state index in [1.807, 2.05) is 6.07 Å². The topological polar surface area (TPSA) is 40.5 Å². The Bertz CT molecular complexity index is 589. The summed E-state index contributed by atoms with van der Waals surface area (Å²) >= 11 is 17.6. The van der Waals surface area contributed by atoms with Crippen molar-refractivity contribution in [2.75, 3.05) is 0 Å². The Morgan fingerprint density at radius 2 is 1.26 bits per heavy atom. The molecule has 0 aliphatic rings. The van der Waals surface area contributed by atoms with Crippen LogP contribution in [0.4, 0.5) is 0 Å². The van der Waals surface area contributed by atoms with E-state index in [0.717, 1.165) is 17.5 Å². The minimum absolute atomic E-state index is 0.0705. The molecule has 2 N–H and O–H groups in total. The van der Waals surface area contributed by atoms with E-state index in [4.69, 9.17) is 34.8 Å². The lowest BCUT2D eigenvalue weighted by atomic mass is 10.0. The molecule has 2 aromatic carbocycles. The van der Waals surface area contributed by atoms with Crippen LogP contribution in [0.5, 0.6) is 11.5 Å². The summed E-state index contributed by atoms with van der Waals surface area (Å²) in [4.78, 5) is 0. The van der Waals surface area contributed by atoms with Crippen LogP contribution in [0.25, 0.3) is 0 Å². The van der Waals surface area contributed by atoms with Gasteiger partial charge < -0.3 is 10.2 Å². The lowest BCUT2D eigenvalue weighted by Crippen LogP contribution is -1.92. The van der Waals surface area contributed by atoms with Crippen molar-refractivity contribution in [2.45, 2.75) is 12.8 Å². The van der Waals surface area contributed by atoms with Gasteiger partial charge >= 0.3 is 0 Å². The summed E-state index contributed by atoms with van der Waals surface area (Å²) in [6, 6.07) is 8.47. The fourth-order valence-electron chi connectivity index (χ4n) is 1.76. The van der Waals surface area contributed by atoms with Gasteiger partial charge in [0.2, 0.25) is 0 Å². The first-order chi connectivity index (χ1) is 8.97. The number of benzene rings is 2. The van der Waals surface area contributed by atoms with Crippen molar-refractivity contribution in [3.63, 3.8) is 0 Å². The monoisotopic (exact) mass is 316 g/mol. The number of rotatable bonds is 3. The van der Waals surface area contributed by atoms with Crippen molar-refractivity contribution >= 4 is 34.8 Å². The van der Waals surface area contributed by atoms with E-state index in [1.165, 1.54) is 0 Å². The van der Waals surface area contributed by atoms with E-state index in [-0.39, 0.29) is 21.5 Å². The Balaban J connectivity index is 2.12. The minimum atomic E-state index is -0.0974. The second-order valence-electron chi connectivity index (χ2n) is 4.19. The molecule has 2 nitrogen and oxygen atoms in total. The number of aromatic hydroxyl groups is 2. The molecule has 0 radical (unpaired) electrons. The average Bonchev–Trinajstić information content (AvgIpc) is 2.37. The van der Waals surface area contributed by atoms with Crippen molar-refractivity contribution in [3.05, 3.63) is 56.5 Å². The molecule has 0 bridgehead atoms. The Morgan fingerprint density at radius 1 is 0.737 bits per heavy atom. The molecule has 0 spiro atoms. The van der Waals surface area contributed by atoms with Crippen LogP contribution in [-0.4, -0.2) is 10.2 Å². The SMILES string of the molecule is Oc1ccc(CCc2cc(Cl)c(O)c(Cl)c2)cc1Cl. The molecule has 19 heavy (non-hydrogen) atoms. The Kier molecular flexibility index (Phi) is 4.46. The molecule has 100 valence electrons. The molecule has 0 unspecified atom stereocenters. The van der Waals surface area contributed by atoms with Crippen molar-refractivity contribution in [1.82, 2.24) is 0 Å². The van der Waals surface area contributed by atoms with Gasteiger partial charge in [-0.2, -0.15) is 0 Å². The first-order valence-corrected chi connectivity index (χ1v) is 6.75. The predicted octanol–water partition coefficient (Wildman–Crippen LogP) is 4.84. The zero-order valence-corrected chi connectivity index (χ0v) is 12.1. The highest BCUT2D eigenvalue weighted by molar-refractivity contribution is 6.37. The maximum absolute atomic E-state index is 9.47. The maximum Gasteiger partial charge on any atom is 0.152 e. The summed E-state index contributed by atoms with van der Waals surface area (Å²) in [5.41, 5.74) is 1.93. The van der Waals surface area contributed by atoms with Gasteiger partial charge in [0.15, 0.2) is 5.75 Å². The average molecular weight is 318 g/mol. The zero-order valence-electron chi connectivity index (χ0n) is 9.83. The van der Waals surface area contributed by atoms with Crippen molar-refractivity contribution < 1.29 is 10.2 Å². The highest BCUT2D eigenvalue weighted by Crippen LogP contribution is 2.33. The smallest absolute Gasteiger partial charge is 0.152 e.